The lowest BCUT2D eigenvalue weighted by molar-refractivity contribution is 0.428. The van der Waals surface area contributed by atoms with E-state index in [1.807, 2.05) is 14.0 Å². The number of nitrogens with zero attached hydrogens (tertiary/aromatic N) is 2. The Labute approximate surface area is 151 Å². The molecule has 140 valence electrons. The first-order valence-corrected chi connectivity index (χ1v) is 9.32. The molecule has 0 aromatic carbocycles. The Balaban J connectivity index is 1.88. The van der Waals surface area contributed by atoms with E-state index in [9.17, 15) is 14.0 Å². The fourth-order valence-corrected chi connectivity index (χ4v) is 4.31. The lowest BCUT2D eigenvalue weighted by Crippen LogP contribution is -2.33. The van der Waals surface area contributed by atoms with E-state index < -0.39 is 11.5 Å². The van der Waals surface area contributed by atoms with Gasteiger partial charge in [-0.05, 0) is 52.0 Å². The molecule has 2 fully saturated rings. The van der Waals surface area contributed by atoms with Gasteiger partial charge in [0.25, 0.3) is 5.56 Å². The summed E-state index contributed by atoms with van der Waals surface area (Å²) in [7, 11) is 1.94. The van der Waals surface area contributed by atoms with Crippen molar-refractivity contribution in [2.45, 2.75) is 45.1 Å². The van der Waals surface area contributed by atoms with E-state index in [1.54, 1.807) is 0 Å². The normalized spacial score (nSPS) is 21.5. The van der Waals surface area contributed by atoms with Crippen LogP contribution in [0.15, 0.2) is 15.8 Å². The Hall–Kier alpha value is -2.15. The van der Waals surface area contributed by atoms with E-state index in [0.717, 1.165) is 32.4 Å². The Bertz CT molecular complexity index is 976. The molecule has 0 radical (unpaired) electrons. The molecule has 0 spiro atoms. The zero-order valence-corrected chi connectivity index (χ0v) is 15.4. The van der Waals surface area contributed by atoms with Gasteiger partial charge >= 0.3 is 5.69 Å². The van der Waals surface area contributed by atoms with Crippen molar-refractivity contribution in [1.29, 1.82) is 0 Å². The van der Waals surface area contributed by atoms with Crippen molar-refractivity contribution in [3.05, 3.63) is 44.0 Å². The molecular formula is C19H25FN4O2. The smallest absolute Gasteiger partial charge is 0.333 e. The van der Waals surface area contributed by atoms with Gasteiger partial charge in [-0.2, -0.15) is 0 Å². The summed E-state index contributed by atoms with van der Waals surface area (Å²) in [6.45, 7) is 5.51. The second kappa shape index (κ2) is 6.23. The second-order valence-electron chi connectivity index (χ2n) is 7.69. The summed E-state index contributed by atoms with van der Waals surface area (Å²) in [5.41, 5.74) is 1.52. The van der Waals surface area contributed by atoms with E-state index in [4.69, 9.17) is 0 Å². The van der Waals surface area contributed by atoms with Gasteiger partial charge in [-0.25, -0.2) is 9.18 Å². The first kappa shape index (κ1) is 17.3. The molecule has 4 rings (SSSR count). The van der Waals surface area contributed by atoms with Crippen molar-refractivity contribution in [1.82, 2.24) is 14.7 Å². The molecule has 1 saturated carbocycles. The lowest BCUT2D eigenvalue weighted by atomic mass is 10.0. The first-order valence-electron chi connectivity index (χ1n) is 9.32. The molecule has 3 heterocycles. The number of pyridine rings is 1. The molecule has 26 heavy (non-hydrogen) atoms. The van der Waals surface area contributed by atoms with Crippen LogP contribution in [0.3, 0.4) is 0 Å². The van der Waals surface area contributed by atoms with E-state index in [1.165, 1.54) is 10.6 Å². The number of aromatic nitrogens is 2. The van der Waals surface area contributed by atoms with Crippen LogP contribution in [0.4, 0.5) is 10.1 Å². The van der Waals surface area contributed by atoms with Crippen LogP contribution in [0.1, 0.15) is 43.2 Å². The maximum atomic E-state index is 15.0. The fraction of sp³-hybridized carbons (Fsp3) is 0.579. The van der Waals surface area contributed by atoms with Gasteiger partial charge in [0, 0.05) is 30.3 Å². The van der Waals surface area contributed by atoms with Crippen LogP contribution in [-0.2, 0) is 0 Å². The minimum absolute atomic E-state index is 0.169. The number of halogens is 1. The van der Waals surface area contributed by atoms with E-state index >= 15 is 0 Å². The summed E-state index contributed by atoms with van der Waals surface area (Å²) >= 11 is 0. The predicted octanol–water partition coefficient (Wildman–Crippen LogP) is 1.75. The van der Waals surface area contributed by atoms with Gasteiger partial charge in [0.1, 0.15) is 0 Å². The maximum Gasteiger partial charge on any atom is 0.333 e. The average molecular weight is 360 g/mol. The van der Waals surface area contributed by atoms with Crippen molar-refractivity contribution in [3.63, 3.8) is 0 Å². The SMILES string of the molecule is CNC(C)C1CCN(c2c(F)cn3c(=O)[nH]c(=O)c(C4CC4)c3c2C)C1. The third-order valence-corrected chi connectivity index (χ3v) is 6.05. The molecule has 2 N–H and O–H groups in total. The molecule has 2 aliphatic rings. The van der Waals surface area contributed by atoms with Crippen molar-refractivity contribution in [2.75, 3.05) is 25.0 Å². The highest BCUT2D eigenvalue weighted by molar-refractivity contribution is 5.72. The van der Waals surface area contributed by atoms with Gasteiger partial charge in [-0.15, -0.1) is 0 Å². The van der Waals surface area contributed by atoms with Crippen LogP contribution in [0, 0.1) is 18.7 Å². The molecule has 0 bridgehead atoms. The molecule has 0 amide bonds. The van der Waals surface area contributed by atoms with Gasteiger partial charge in [-0.1, -0.05) is 0 Å². The summed E-state index contributed by atoms with van der Waals surface area (Å²) < 4.78 is 16.2. The third-order valence-electron chi connectivity index (χ3n) is 6.05. The number of H-pyrrole nitrogens is 1. The Morgan fingerprint density at radius 2 is 2.04 bits per heavy atom. The highest BCUT2D eigenvalue weighted by atomic mass is 19.1. The van der Waals surface area contributed by atoms with Crippen molar-refractivity contribution in [3.8, 4) is 0 Å². The molecule has 2 atom stereocenters. The Morgan fingerprint density at radius 1 is 1.31 bits per heavy atom. The zero-order valence-electron chi connectivity index (χ0n) is 15.4. The summed E-state index contributed by atoms with van der Waals surface area (Å²) in [6.07, 6.45) is 4.10. The number of hydrogen-bond acceptors (Lipinski definition) is 4. The van der Waals surface area contributed by atoms with Crippen molar-refractivity contribution >= 4 is 11.2 Å². The number of aryl methyl sites for hydroxylation is 1. The van der Waals surface area contributed by atoms with Crippen molar-refractivity contribution < 1.29 is 4.39 Å². The quantitative estimate of drug-likeness (QED) is 0.872. The van der Waals surface area contributed by atoms with Crippen LogP contribution in [0.25, 0.3) is 5.52 Å². The van der Waals surface area contributed by atoms with Crippen LogP contribution in [-0.4, -0.2) is 35.6 Å². The summed E-state index contributed by atoms with van der Waals surface area (Å²) in [5, 5.41) is 3.27. The number of rotatable bonds is 4. The Kier molecular flexibility index (Phi) is 4.14. The van der Waals surface area contributed by atoms with Crippen LogP contribution in [0.5, 0.6) is 0 Å². The number of anilines is 1. The first-order chi connectivity index (χ1) is 12.4. The number of nitrogens with one attached hydrogen (secondary N) is 2. The molecule has 1 aliphatic heterocycles. The fourth-order valence-electron chi connectivity index (χ4n) is 4.31. The van der Waals surface area contributed by atoms with Crippen LogP contribution < -0.4 is 21.5 Å². The topological polar surface area (TPSA) is 69.6 Å². The van der Waals surface area contributed by atoms with Gasteiger partial charge in [0.15, 0.2) is 5.82 Å². The predicted molar refractivity (Wildman–Crippen MR) is 99.8 cm³/mol. The summed E-state index contributed by atoms with van der Waals surface area (Å²) in [4.78, 5) is 29.0. The Morgan fingerprint density at radius 3 is 2.69 bits per heavy atom. The molecule has 1 saturated heterocycles. The number of fused-ring (bicyclic) bond motifs is 1. The molecule has 2 unspecified atom stereocenters. The van der Waals surface area contributed by atoms with Crippen LogP contribution in [0.2, 0.25) is 0 Å². The van der Waals surface area contributed by atoms with Gasteiger partial charge in [0.05, 0.1) is 17.4 Å². The molecule has 6 nitrogen and oxygen atoms in total. The highest BCUT2D eigenvalue weighted by Crippen LogP contribution is 2.42. The zero-order chi connectivity index (χ0) is 18.6. The summed E-state index contributed by atoms with van der Waals surface area (Å²) in [5.74, 6) is 0.199. The van der Waals surface area contributed by atoms with E-state index in [-0.39, 0.29) is 11.5 Å². The molecular weight excluding hydrogens is 335 g/mol. The van der Waals surface area contributed by atoms with Gasteiger partial charge < -0.3 is 10.2 Å². The molecule has 2 aromatic heterocycles. The number of hydrogen-bond donors (Lipinski definition) is 2. The average Bonchev–Trinajstić information content (AvgIpc) is 3.32. The van der Waals surface area contributed by atoms with Crippen molar-refractivity contribution in [2.24, 2.45) is 5.92 Å². The van der Waals surface area contributed by atoms with Crippen LogP contribution >= 0.6 is 0 Å². The number of aromatic amines is 1. The molecule has 1 aliphatic carbocycles. The maximum absolute atomic E-state index is 15.0. The largest absolute Gasteiger partial charge is 0.368 e. The highest BCUT2D eigenvalue weighted by Gasteiger charge is 2.33. The standard InChI is InChI=1S/C19H25FN4O2/c1-10-16(23-7-6-13(8-23)11(2)21-3)14(20)9-24-17(10)15(12-4-5-12)18(25)22-19(24)26/h9,11-13,21H,4-8H2,1-3H3,(H,22,25,26). The minimum atomic E-state index is -0.578. The molecule has 2 aromatic rings. The third kappa shape index (κ3) is 2.65. The molecule has 7 heteroatoms. The van der Waals surface area contributed by atoms with Gasteiger partial charge in [0.2, 0.25) is 0 Å². The lowest BCUT2D eigenvalue weighted by Gasteiger charge is -2.25. The second-order valence-corrected chi connectivity index (χ2v) is 7.69. The van der Waals surface area contributed by atoms with E-state index in [2.05, 4.69) is 22.1 Å². The minimum Gasteiger partial charge on any atom is -0.368 e. The monoisotopic (exact) mass is 360 g/mol. The summed E-state index contributed by atoms with van der Waals surface area (Å²) in [6, 6.07) is 0.358. The van der Waals surface area contributed by atoms with E-state index in [0.29, 0.717) is 34.3 Å². The van der Waals surface area contributed by atoms with Gasteiger partial charge in [-0.3, -0.25) is 14.2 Å².